The van der Waals surface area contributed by atoms with Crippen LogP contribution in [-0.2, 0) is 6.54 Å². The monoisotopic (exact) mass is 514 g/mol. The summed E-state index contributed by atoms with van der Waals surface area (Å²) in [6, 6.07) is 9.37. The van der Waals surface area contributed by atoms with Crippen LogP contribution in [0.25, 0.3) is 0 Å². The van der Waals surface area contributed by atoms with E-state index in [1.165, 1.54) is 37.1 Å². The topological polar surface area (TPSA) is 59.9 Å². The van der Waals surface area contributed by atoms with Crippen molar-refractivity contribution in [3.8, 4) is 0 Å². The molecule has 1 aromatic carbocycles. The third-order valence-corrected chi connectivity index (χ3v) is 6.12. The molecule has 0 aromatic heterocycles. The van der Waals surface area contributed by atoms with Crippen LogP contribution in [0.15, 0.2) is 29.3 Å². The lowest BCUT2D eigenvalue weighted by atomic mass is 9.93. The number of likely N-dealkylation sites (tertiary alicyclic amines) is 1. The van der Waals surface area contributed by atoms with Gasteiger partial charge in [0.05, 0.1) is 6.10 Å². The minimum atomic E-state index is -0.109. The molecule has 0 bridgehead atoms. The number of aliphatic imine (C=N–C) groups is 1. The SMILES string of the molecule is CCNC(=NCC1CCN(Cc2ccc(C)cc2)CC1)NC1CCC(O)CC1.I. The van der Waals surface area contributed by atoms with Gasteiger partial charge in [-0.05, 0) is 76.9 Å². The molecule has 2 aliphatic rings. The van der Waals surface area contributed by atoms with Crippen LogP contribution in [0.4, 0.5) is 0 Å². The van der Waals surface area contributed by atoms with Crippen LogP contribution >= 0.6 is 24.0 Å². The van der Waals surface area contributed by atoms with Gasteiger partial charge in [-0.25, -0.2) is 0 Å². The van der Waals surface area contributed by atoms with Gasteiger partial charge in [-0.15, -0.1) is 24.0 Å². The van der Waals surface area contributed by atoms with E-state index in [2.05, 4.69) is 53.6 Å². The Morgan fingerprint density at radius 1 is 1.07 bits per heavy atom. The van der Waals surface area contributed by atoms with Crippen LogP contribution in [0.5, 0.6) is 0 Å². The quantitative estimate of drug-likeness (QED) is 0.308. The molecule has 1 aromatic rings. The van der Waals surface area contributed by atoms with Crippen molar-refractivity contribution in [2.75, 3.05) is 26.2 Å². The molecule has 6 heteroatoms. The predicted octanol–water partition coefficient (Wildman–Crippen LogP) is 3.68. The summed E-state index contributed by atoms with van der Waals surface area (Å²) in [6.07, 6.45) is 6.20. The first-order valence-electron chi connectivity index (χ1n) is 11.1. The minimum Gasteiger partial charge on any atom is -0.393 e. The number of aliphatic hydroxyl groups is 1. The molecule has 1 aliphatic carbocycles. The van der Waals surface area contributed by atoms with Gasteiger partial charge in [0, 0.05) is 25.7 Å². The Kier molecular flexibility index (Phi) is 10.7. The van der Waals surface area contributed by atoms with Gasteiger partial charge in [-0.3, -0.25) is 9.89 Å². The average molecular weight is 514 g/mol. The second kappa shape index (κ2) is 12.7. The van der Waals surface area contributed by atoms with Crippen molar-refractivity contribution in [1.82, 2.24) is 15.5 Å². The Hall–Kier alpha value is -0.860. The number of hydrogen-bond acceptors (Lipinski definition) is 3. The Morgan fingerprint density at radius 2 is 1.72 bits per heavy atom. The first-order valence-corrected chi connectivity index (χ1v) is 11.1. The summed E-state index contributed by atoms with van der Waals surface area (Å²) in [7, 11) is 0. The standard InChI is InChI=1S/C23H38N4O.HI/c1-3-24-23(26-21-8-10-22(28)11-9-21)25-16-19-12-14-27(15-13-19)17-20-6-4-18(2)5-7-20;/h4-7,19,21-22,28H,3,8-17H2,1-2H3,(H2,24,25,26);1H. The number of aryl methyl sites for hydroxylation is 1. The van der Waals surface area contributed by atoms with Gasteiger partial charge < -0.3 is 15.7 Å². The molecule has 3 N–H and O–H groups in total. The van der Waals surface area contributed by atoms with E-state index < -0.39 is 0 Å². The third kappa shape index (κ3) is 8.42. The molecule has 0 spiro atoms. The fourth-order valence-electron chi connectivity index (χ4n) is 4.23. The normalized spacial score (nSPS) is 24.0. The number of halogens is 1. The van der Waals surface area contributed by atoms with Crippen molar-refractivity contribution in [2.24, 2.45) is 10.9 Å². The van der Waals surface area contributed by atoms with Gasteiger partial charge in [0.1, 0.15) is 0 Å². The average Bonchev–Trinajstić information content (AvgIpc) is 2.71. The number of rotatable bonds is 6. The van der Waals surface area contributed by atoms with Crippen LogP contribution in [0.1, 0.15) is 56.6 Å². The van der Waals surface area contributed by atoms with Crippen molar-refractivity contribution in [2.45, 2.75) is 71.1 Å². The number of piperidine rings is 1. The highest BCUT2D eigenvalue weighted by Crippen LogP contribution is 2.20. The minimum absolute atomic E-state index is 0. The van der Waals surface area contributed by atoms with Crippen LogP contribution in [0, 0.1) is 12.8 Å². The molecule has 2 fully saturated rings. The Morgan fingerprint density at radius 3 is 2.34 bits per heavy atom. The maximum Gasteiger partial charge on any atom is 0.191 e. The Balaban J connectivity index is 0.00000300. The van der Waals surface area contributed by atoms with Crippen LogP contribution < -0.4 is 10.6 Å². The highest BCUT2D eigenvalue weighted by Gasteiger charge is 2.21. The van der Waals surface area contributed by atoms with E-state index >= 15 is 0 Å². The summed E-state index contributed by atoms with van der Waals surface area (Å²) in [5.74, 6) is 1.63. The lowest BCUT2D eigenvalue weighted by Gasteiger charge is -2.31. The van der Waals surface area contributed by atoms with Crippen LogP contribution in [0.2, 0.25) is 0 Å². The second-order valence-corrected chi connectivity index (χ2v) is 8.57. The molecular weight excluding hydrogens is 475 g/mol. The Labute approximate surface area is 193 Å². The van der Waals surface area contributed by atoms with Crippen molar-refractivity contribution >= 4 is 29.9 Å². The highest BCUT2D eigenvalue weighted by atomic mass is 127. The lowest BCUT2D eigenvalue weighted by molar-refractivity contribution is 0.120. The molecule has 164 valence electrons. The van der Waals surface area contributed by atoms with Crippen LogP contribution in [0.3, 0.4) is 0 Å². The highest BCUT2D eigenvalue weighted by molar-refractivity contribution is 14.0. The second-order valence-electron chi connectivity index (χ2n) is 8.57. The third-order valence-electron chi connectivity index (χ3n) is 6.12. The molecule has 29 heavy (non-hydrogen) atoms. The first kappa shape index (κ1) is 24.4. The van der Waals surface area contributed by atoms with Gasteiger partial charge in [0.25, 0.3) is 0 Å². The molecule has 0 radical (unpaired) electrons. The summed E-state index contributed by atoms with van der Waals surface area (Å²) in [4.78, 5) is 7.45. The van der Waals surface area contributed by atoms with E-state index in [0.29, 0.717) is 12.0 Å². The van der Waals surface area contributed by atoms with E-state index in [4.69, 9.17) is 4.99 Å². The van der Waals surface area contributed by atoms with Crippen molar-refractivity contribution in [3.63, 3.8) is 0 Å². The van der Waals surface area contributed by atoms with Gasteiger partial charge in [-0.2, -0.15) is 0 Å². The van der Waals surface area contributed by atoms with E-state index in [1.54, 1.807) is 0 Å². The molecule has 1 saturated heterocycles. The van der Waals surface area contributed by atoms with Crippen LogP contribution in [-0.4, -0.2) is 54.3 Å². The number of nitrogens with zero attached hydrogens (tertiary/aromatic N) is 2. The van der Waals surface area contributed by atoms with Gasteiger partial charge in [0.15, 0.2) is 5.96 Å². The fraction of sp³-hybridized carbons (Fsp3) is 0.696. The fourth-order valence-corrected chi connectivity index (χ4v) is 4.23. The van der Waals surface area contributed by atoms with Gasteiger partial charge in [-0.1, -0.05) is 29.8 Å². The summed E-state index contributed by atoms with van der Waals surface area (Å²) in [5, 5.41) is 16.7. The Bertz CT molecular complexity index is 606. The van der Waals surface area contributed by atoms with E-state index in [9.17, 15) is 5.11 Å². The lowest BCUT2D eigenvalue weighted by Crippen LogP contribution is -2.45. The van der Waals surface area contributed by atoms with E-state index in [1.807, 2.05) is 0 Å². The van der Waals surface area contributed by atoms with Gasteiger partial charge >= 0.3 is 0 Å². The van der Waals surface area contributed by atoms with Crippen molar-refractivity contribution in [1.29, 1.82) is 0 Å². The van der Waals surface area contributed by atoms with Crippen molar-refractivity contribution < 1.29 is 5.11 Å². The number of hydrogen-bond donors (Lipinski definition) is 3. The summed E-state index contributed by atoms with van der Waals surface area (Å²) < 4.78 is 0. The smallest absolute Gasteiger partial charge is 0.191 e. The summed E-state index contributed by atoms with van der Waals surface area (Å²) >= 11 is 0. The zero-order valence-corrected chi connectivity index (χ0v) is 20.4. The largest absolute Gasteiger partial charge is 0.393 e. The zero-order valence-electron chi connectivity index (χ0n) is 18.1. The molecule has 5 nitrogen and oxygen atoms in total. The molecule has 0 unspecified atom stereocenters. The maximum atomic E-state index is 9.69. The number of nitrogens with one attached hydrogen (secondary N) is 2. The van der Waals surface area contributed by atoms with E-state index in [0.717, 1.165) is 51.3 Å². The zero-order chi connectivity index (χ0) is 19.8. The maximum absolute atomic E-state index is 9.69. The molecule has 1 aliphatic heterocycles. The van der Waals surface area contributed by atoms with Gasteiger partial charge in [0.2, 0.25) is 0 Å². The summed E-state index contributed by atoms with van der Waals surface area (Å²) in [6.45, 7) is 9.44. The predicted molar refractivity (Wildman–Crippen MR) is 132 cm³/mol. The molecule has 1 heterocycles. The number of benzene rings is 1. The molecular formula is C23H39IN4O. The molecule has 0 amide bonds. The first-order chi connectivity index (χ1) is 13.6. The van der Waals surface area contributed by atoms with Crippen molar-refractivity contribution in [3.05, 3.63) is 35.4 Å². The molecule has 1 saturated carbocycles. The molecule has 0 atom stereocenters. The van der Waals surface area contributed by atoms with E-state index in [-0.39, 0.29) is 30.1 Å². The summed E-state index contributed by atoms with van der Waals surface area (Å²) in [5.41, 5.74) is 2.74. The number of guanidine groups is 1. The molecule has 3 rings (SSSR count). The number of aliphatic hydroxyl groups excluding tert-OH is 1.